The molecule has 1 saturated heterocycles. The predicted molar refractivity (Wildman–Crippen MR) is 72.5 cm³/mol. The zero-order valence-corrected chi connectivity index (χ0v) is 11.3. The van der Waals surface area contributed by atoms with Gasteiger partial charge in [0.2, 0.25) is 0 Å². The number of nitrogens with zero attached hydrogens (tertiary/aromatic N) is 3. The molecule has 100 valence electrons. The molecule has 0 bridgehead atoms. The highest BCUT2D eigenvalue weighted by Gasteiger charge is 2.27. The van der Waals surface area contributed by atoms with Crippen molar-refractivity contribution in [3.63, 3.8) is 0 Å². The van der Waals surface area contributed by atoms with E-state index in [2.05, 4.69) is 21.4 Å². The van der Waals surface area contributed by atoms with Crippen LogP contribution in [0.15, 0.2) is 12.3 Å². The minimum Gasteiger partial charge on any atom is -0.310 e. The minimum atomic E-state index is 0.731. The predicted octanol–water partition coefficient (Wildman–Crippen LogP) is 1.18. The largest absolute Gasteiger partial charge is 0.310 e. The van der Waals surface area contributed by atoms with E-state index >= 15 is 0 Å². The van der Waals surface area contributed by atoms with Crippen LogP contribution in [0.25, 0.3) is 0 Å². The van der Waals surface area contributed by atoms with Crippen molar-refractivity contribution in [2.75, 3.05) is 19.6 Å². The molecule has 1 N–H and O–H groups in total. The lowest BCUT2D eigenvalue weighted by atomic mass is 10.1. The summed E-state index contributed by atoms with van der Waals surface area (Å²) < 4.78 is 1.89. The molecule has 18 heavy (non-hydrogen) atoms. The van der Waals surface area contributed by atoms with Gasteiger partial charge in [0.05, 0.1) is 5.69 Å². The molecule has 1 aromatic rings. The lowest BCUT2D eigenvalue weighted by Crippen LogP contribution is -2.46. The third-order valence-electron chi connectivity index (χ3n) is 4.01. The third-order valence-corrected chi connectivity index (χ3v) is 4.01. The quantitative estimate of drug-likeness (QED) is 0.849. The Kier molecular flexibility index (Phi) is 3.66. The Morgan fingerprint density at radius 3 is 2.94 bits per heavy atom. The molecule has 0 spiro atoms. The molecule has 4 heteroatoms. The first kappa shape index (κ1) is 12.2. The smallest absolute Gasteiger partial charge is 0.0637 e. The Balaban J connectivity index is 1.43. The van der Waals surface area contributed by atoms with Crippen LogP contribution in [0.4, 0.5) is 0 Å². The van der Waals surface area contributed by atoms with Crippen molar-refractivity contribution in [2.45, 2.75) is 44.2 Å². The molecule has 1 saturated carbocycles. The van der Waals surface area contributed by atoms with E-state index in [1.165, 1.54) is 44.5 Å². The van der Waals surface area contributed by atoms with Crippen molar-refractivity contribution in [3.05, 3.63) is 18.0 Å². The van der Waals surface area contributed by atoms with E-state index < -0.39 is 0 Å². The summed E-state index contributed by atoms with van der Waals surface area (Å²) in [5.41, 5.74) is 1.22. The van der Waals surface area contributed by atoms with Crippen LogP contribution in [0.5, 0.6) is 0 Å². The summed E-state index contributed by atoms with van der Waals surface area (Å²) >= 11 is 0. The molecule has 4 nitrogen and oxygen atoms in total. The molecule has 1 aromatic heterocycles. The van der Waals surface area contributed by atoms with Crippen molar-refractivity contribution < 1.29 is 0 Å². The van der Waals surface area contributed by atoms with E-state index in [9.17, 15) is 0 Å². The standard InChI is InChI=1S/C14H24N4/c1-17-9-6-13(16-17)7-10-18-8-2-3-14(11-18)15-12-4-5-12/h6,9,12,14-15H,2-5,7-8,10-11H2,1H3. The van der Waals surface area contributed by atoms with Gasteiger partial charge in [-0.25, -0.2) is 0 Å². The Morgan fingerprint density at radius 2 is 2.22 bits per heavy atom. The average Bonchev–Trinajstić information content (AvgIpc) is 3.08. The van der Waals surface area contributed by atoms with Crippen LogP contribution in [0, 0.1) is 0 Å². The number of nitrogens with one attached hydrogen (secondary N) is 1. The summed E-state index contributed by atoms with van der Waals surface area (Å²) in [5.74, 6) is 0. The number of hydrogen-bond acceptors (Lipinski definition) is 3. The lowest BCUT2D eigenvalue weighted by molar-refractivity contribution is 0.191. The number of aryl methyl sites for hydroxylation is 1. The molecule has 1 unspecified atom stereocenters. The molecule has 0 aromatic carbocycles. The zero-order chi connectivity index (χ0) is 12.4. The topological polar surface area (TPSA) is 33.1 Å². The van der Waals surface area contributed by atoms with Crippen molar-refractivity contribution >= 4 is 0 Å². The van der Waals surface area contributed by atoms with Gasteiger partial charge < -0.3 is 10.2 Å². The highest BCUT2D eigenvalue weighted by atomic mass is 15.2. The Hall–Kier alpha value is -0.870. The summed E-state index contributed by atoms with van der Waals surface area (Å²) in [6, 6.07) is 3.70. The second kappa shape index (κ2) is 5.41. The molecule has 0 amide bonds. The molecule has 2 heterocycles. The van der Waals surface area contributed by atoms with Gasteiger partial charge >= 0.3 is 0 Å². The highest BCUT2D eigenvalue weighted by Crippen LogP contribution is 2.21. The summed E-state index contributed by atoms with van der Waals surface area (Å²) in [7, 11) is 1.99. The number of likely N-dealkylation sites (tertiary alicyclic amines) is 1. The summed E-state index contributed by atoms with van der Waals surface area (Å²) in [5, 5.41) is 8.21. The maximum absolute atomic E-state index is 4.45. The molecular formula is C14H24N4. The van der Waals surface area contributed by atoms with Crippen molar-refractivity contribution in [2.24, 2.45) is 7.05 Å². The average molecular weight is 248 g/mol. The maximum atomic E-state index is 4.45. The molecule has 3 rings (SSSR count). The van der Waals surface area contributed by atoms with Crippen molar-refractivity contribution in [1.29, 1.82) is 0 Å². The molecule has 1 aliphatic heterocycles. The molecule has 1 aliphatic carbocycles. The fourth-order valence-electron chi connectivity index (χ4n) is 2.85. The van der Waals surface area contributed by atoms with Crippen LogP contribution < -0.4 is 5.32 Å². The van der Waals surface area contributed by atoms with Gasteiger partial charge in [-0.1, -0.05) is 0 Å². The second-order valence-electron chi connectivity index (χ2n) is 5.81. The van der Waals surface area contributed by atoms with Gasteiger partial charge in [-0.05, 0) is 38.3 Å². The summed E-state index contributed by atoms with van der Waals surface area (Å²) in [4.78, 5) is 2.60. The second-order valence-corrected chi connectivity index (χ2v) is 5.81. The van der Waals surface area contributed by atoms with Gasteiger partial charge in [0, 0.05) is 44.8 Å². The number of aromatic nitrogens is 2. The Labute approximate surface area is 109 Å². The van der Waals surface area contributed by atoms with Crippen LogP contribution in [-0.4, -0.2) is 46.4 Å². The first-order valence-corrected chi connectivity index (χ1v) is 7.26. The normalized spacial score (nSPS) is 25.5. The molecule has 2 fully saturated rings. The van der Waals surface area contributed by atoms with Gasteiger partial charge in [0.15, 0.2) is 0 Å². The zero-order valence-electron chi connectivity index (χ0n) is 11.3. The minimum absolute atomic E-state index is 0.731. The lowest BCUT2D eigenvalue weighted by Gasteiger charge is -2.33. The first-order chi connectivity index (χ1) is 8.79. The van der Waals surface area contributed by atoms with E-state index in [-0.39, 0.29) is 0 Å². The van der Waals surface area contributed by atoms with Gasteiger partial charge in [0.25, 0.3) is 0 Å². The van der Waals surface area contributed by atoms with Crippen LogP contribution in [0.1, 0.15) is 31.4 Å². The highest BCUT2D eigenvalue weighted by molar-refractivity contribution is 4.99. The number of rotatable bonds is 5. The Morgan fingerprint density at radius 1 is 1.33 bits per heavy atom. The van der Waals surface area contributed by atoms with Gasteiger partial charge in [-0.15, -0.1) is 0 Å². The maximum Gasteiger partial charge on any atom is 0.0637 e. The van der Waals surface area contributed by atoms with Crippen LogP contribution in [0.3, 0.4) is 0 Å². The van der Waals surface area contributed by atoms with Crippen LogP contribution in [0.2, 0.25) is 0 Å². The van der Waals surface area contributed by atoms with E-state index in [0.29, 0.717) is 0 Å². The van der Waals surface area contributed by atoms with Gasteiger partial charge in [-0.2, -0.15) is 5.10 Å². The molecule has 0 radical (unpaired) electrons. The van der Waals surface area contributed by atoms with Crippen LogP contribution in [-0.2, 0) is 13.5 Å². The first-order valence-electron chi connectivity index (χ1n) is 7.26. The van der Waals surface area contributed by atoms with E-state index in [4.69, 9.17) is 0 Å². The van der Waals surface area contributed by atoms with E-state index in [1.54, 1.807) is 0 Å². The van der Waals surface area contributed by atoms with E-state index in [1.807, 2.05) is 17.9 Å². The number of hydrogen-bond donors (Lipinski definition) is 1. The fraction of sp³-hybridized carbons (Fsp3) is 0.786. The Bertz CT molecular complexity index is 383. The fourth-order valence-corrected chi connectivity index (χ4v) is 2.85. The molecule has 1 atom stereocenters. The van der Waals surface area contributed by atoms with Crippen LogP contribution >= 0.6 is 0 Å². The number of piperidine rings is 1. The van der Waals surface area contributed by atoms with Crippen molar-refractivity contribution in [1.82, 2.24) is 20.0 Å². The summed E-state index contributed by atoms with van der Waals surface area (Å²) in [6.07, 6.45) is 8.60. The molecular weight excluding hydrogens is 224 g/mol. The summed E-state index contributed by atoms with van der Waals surface area (Å²) in [6.45, 7) is 3.64. The molecule has 2 aliphatic rings. The van der Waals surface area contributed by atoms with Crippen molar-refractivity contribution in [3.8, 4) is 0 Å². The SMILES string of the molecule is Cn1ccc(CCN2CCCC(NC3CC3)C2)n1. The monoisotopic (exact) mass is 248 g/mol. The third kappa shape index (κ3) is 3.33. The van der Waals surface area contributed by atoms with Gasteiger partial charge in [0.1, 0.15) is 0 Å². The van der Waals surface area contributed by atoms with E-state index in [0.717, 1.165) is 25.0 Å². The van der Waals surface area contributed by atoms with Gasteiger partial charge in [-0.3, -0.25) is 4.68 Å².